The molecular formula is C18H22N4O2. The minimum absolute atomic E-state index is 0.208. The molecule has 1 saturated heterocycles. The van der Waals surface area contributed by atoms with Crippen molar-refractivity contribution in [3.8, 4) is 0 Å². The fraction of sp³-hybridized carbons (Fsp3) is 0.389. The first-order valence-electron chi connectivity index (χ1n) is 8.15. The van der Waals surface area contributed by atoms with Gasteiger partial charge >= 0.3 is 0 Å². The van der Waals surface area contributed by atoms with E-state index < -0.39 is 0 Å². The molecule has 1 aromatic heterocycles. The van der Waals surface area contributed by atoms with Gasteiger partial charge in [-0.15, -0.1) is 0 Å². The molecule has 2 aromatic rings. The summed E-state index contributed by atoms with van der Waals surface area (Å²) >= 11 is 0. The van der Waals surface area contributed by atoms with E-state index in [1.54, 1.807) is 6.20 Å². The number of hydrogen-bond acceptors (Lipinski definition) is 5. The van der Waals surface area contributed by atoms with E-state index in [0.717, 1.165) is 44.1 Å². The van der Waals surface area contributed by atoms with E-state index in [-0.39, 0.29) is 5.91 Å². The predicted molar refractivity (Wildman–Crippen MR) is 90.5 cm³/mol. The van der Waals surface area contributed by atoms with Crippen LogP contribution in [0.25, 0.3) is 0 Å². The average Bonchev–Trinajstić information content (AvgIpc) is 2.62. The van der Waals surface area contributed by atoms with Crippen molar-refractivity contribution in [1.82, 2.24) is 20.2 Å². The first-order chi connectivity index (χ1) is 11.7. The van der Waals surface area contributed by atoms with Crippen LogP contribution in [-0.4, -0.2) is 47.1 Å². The number of amides is 1. The van der Waals surface area contributed by atoms with Gasteiger partial charge in [0.05, 0.1) is 25.1 Å². The van der Waals surface area contributed by atoms with Crippen LogP contribution in [0.3, 0.4) is 0 Å². The molecule has 0 radical (unpaired) electrons. The summed E-state index contributed by atoms with van der Waals surface area (Å²) in [5.41, 5.74) is 3.47. The van der Waals surface area contributed by atoms with E-state index in [9.17, 15) is 4.79 Å². The summed E-state index contributed by atoms with van der Waals surface area (Å²) in [6.07, 6.45) is 3.09. The van der Waals surface area contributed by atoms with E-state index in [1.165, 1.54) is 11.8 Å². The number of benzene rings is 1. The van der Waals surface area contributed by atoms with Crippen LogP contribution in [0, 0.1) is 6.92 Å². The van der Waals surface area contributed by atoms with Crippen LogP contribution >= 0.6 is 0 Å². The van der Waals surface area contributed by atoms with Crippen molar-refractivity contribution in [1.29, 1.82) is 0 Å². The Labute approximate surface area is 141 Å². The largest absolute Gasteiger partial charge is 0.379 e. The highest BCUT2D eigenvalue weighted by Gasteiger charge is 2.11. The highest BCUT2D eigenvalue weighted by atomic mass is 16.5. The number of rotatable bonds is 5. The molecule has 6 heteroatoms. The van der Waals surface area contributed by atoms with Crippen LogP contribution in [0.2, 0.25) is 0 Å². The number of ether oxygens (including phenoxy) is 1. The molecule has 0 atom stereocenters. The van der Waals surface area contributed by atoms with Crippen molar-refractivity contribution >= 4 is 5.91 Å². The first-order valence-corrected chi connectivity index (χ1v) is 8.15. The molecule has 1 aliphatic rings. The number of nitrogens with zero attached hydrogens (tertiary/aromatic N) is 3. The highest BCUT2D eigenvalue weighted by Crippen LogP contribution is 2.09. The topological polar surface area (TPSA) is 67.4 Å². The van der Waals surface area contributed by atoms with E-state index in [2.05, 4.69) is 44.5 Å². The zero-order chi connectivity index (χ0) is 16.8. The van der Waals surface area contributed by atoms with Gasteiger partial charge in [-0.05, 0) is 18.1 Å². The van der Waals surface area contributed by atoms with E-state index in [4.69, 9.17) is 4.74 Å². The molecule has 126 valence electrons. The number of carbonyl (C=O) groups excluding carboxylic acids is 1. The Hall–Kier alpha value is -2.31. The third kappa shape index (κ3) is 4.59. The van der Waals surface area contributed by atoms with Crippen molar-refractivity contribution in [3.05, 3.63) is 59.2 Å². The zero-order valence-electron chi connectivity index (χ0n) is 13.9. The number of aromatic nitrogens is 2. The molecule has 2 heterocycles. The van der Waals surface area contributed by atoms with Crippen LogP contribution in [-0.2, 0) is 17.8 Å². The monoisotopic (exact) mass is 326 g/mol. The summed E-state index contributed by atoms with van der Waals surface area (Å²) in [4.78, 5) is 22.6. The van der Waals surface area contributed by atoms with Gasteiger partial charge in [0.15, 0.2) is 0 Å². The highest BCUT2D eigenvalue weighted by molar-refractivity contribution is 5.91. The molecule has 0 spiro atoms. The van der Waals surface area contributed by atoms with Crippen molar-refractivity contribution in [2.24, 2.45) is 0 Å². The maximum absolute atomic E-state index is 12.0. The Bertz CT molecular complexity index is 664. The van der Waals surface area contributed by atoms with Crippen molar-refractivity contribution in [2.75, 3.05) is 26.3 Å². The second kappa shape index (κ2) is 7.99. The maximum Gasteiger partial charge on any atom is 0.271 e. The molecule has 24 heavy (non-hydrogen) atoms. The van der Waals surface area contributed by atoms with Gasteiger partial charge in [0.1, 0.15) is 5.69 Å². The van der Waals surface area contributed by atoms with Gasteiger partial charge in [-0.2, -0.15) is 0 Å². The molecule has 1 amide bonds. The van der Waals surface area contributed by atoms with Crippen LogP contribution in [0.4, 0.5) is 0 Å². The number of nitrogens with one attached hydrogen (secondary N) is 1. The second-order valence-corrected chi connectivity index (χ2v) is 5.93. The SMILES string of the molecule is Cc1cnc(C(=O)NCc2ccc(CN3CCOCC3)cc2)cn1. The van der Waals surface area contributed by atoms with Crippen molar-refractivity contribution < 1.29 is 9.53 Å². The van der Waals surface area contributed by atoms with Gasteiger partial charge in [0.25, 0.3) is 5.91 Å². The Morgan fingerprint density at radius 1 is 1.12 bits per heavy atom. The summed E-state index contributed by atoms with van der Waals surface area (Å²) in [6, 6.07) is 8.33. The summed E-state index contributed by atoms with van der Waals surface area (Å²) in [6.45, 7) is 6.84. The third-order valence-corrected chi connectivity index (χ3v) is 4.00. The lowest BCUT2D eigenvalue weighted by molar-refractivity contribution is 0.0342. The number of aryl methyl sites for hydroxylation is 1. The molecule has 0 unspecified atom stereocenters. The summed E-state index contributed by atoms with van der Waals surface area (Å²) in [7, 11) is 0. The normalized spacial score (nSPS) is 15.2. The lowest BCUT2D eigenvalue weighted by atomic mass is 10.1. The Morgan fingerprint density at radius 2 is 1.83 bits per heavy atom. The lowest BCUT2D eigenvalue weighted by Gasteiger charge is -2.26. The summed E-state index contributed by atoms with van der Waals surface area (Å²) in [5, 5.41) is 2.87. The van der Waals surface area contributed by atoms with Crippen LogP contribution in [0.5, 0.6) is 0 Å². The molecule has 1 aromatic carbocycles. The minimum atomic E-state index is -0.208. The van der Waals surface area contributed by atoms with Crippen LogP contribution in [0.1, 0.15) is 27.3 Å². The molecule has 0 bridgehead atoms. The smallest absolute Gasteiger partial charge is 0.271 e. The summed E-state index contributed by atoms with van der Waals surface area (Å²) in [5.74, 6) is -0.208. The van der Waals surface area contributed by atoms with Crippen LogP contribution < -0.4 is 5.32 Å². The van der Waals surface area contributed by atoms with Gasteiger partial charge in [-0.25, -0.2) is 4.98 Å². The maximum atomic E-state index is 12.0. The number of morpholine rings is 1. The minimum Gasteiger partial charge on any atom is -0.379 e. The first kappa shape index (κ1) is 16.5. The van der Waals surface area contributed by atoms with Crippen molar-refractivity contribution in [2.45, 2.75) is 20.0 Å². The Morgan fingerprint density at radius 3 is 2.50 bits per heavy atom. The fourth-order valence-corrected chi connectivity index (χ4v) is 2.56. The van der Waals surface area contributed by atoms with Gasteiger partial charge < -0.3 is 10.1 Å². The number of hydrogen-bond donors (Lipinski definition) is 1. The van der Waals surface area contributed by atoms with Gasteiger partial charge in [-0.3, -0.25) is 14.7 Å². The van der Waals surface area contributed by atoms with Gasteiger partial charge in [-0.1, -0.05) is 24.3 Å². The predicted octanol–water partition coefficient (Wildman–Crippen LogP) is 1.55. The van der Waals surface area contributed by atoms with E-state index >= 15 is 0 Å². The Kier molecular flexibility index (Phi) is 5.51. The molecule has 1 N–H and O–H groups in total. The van der Waals surface area contributed by atoms with Gasteiger partial charge in [0, 0.05) is 32.4 Å². The molecule has 0 aliphatic carbocycles. The number of carbonyl (C=O) groups is 1. The standard InChI is InChI=1S/C18H22N4O2/c1-14-10-20-17(12-19-14)18(23)21-11-15-2-4-16(5-3-15)13-22-6-8-24-9-7-22/h2-5,10,12H,6-9,11,13H2,1H3,(H,21,23). The third-order valence-electron chi connectivity index (χ3n) is 4.00. The van der Waals surface area contributed by atoms with E-state index in [0.29, 0.717) is 12.2 Å². The molecule has 1 aliphatic heterocycles. The summed E-state index contributed by atoms with van der Waals surface area (Å²) < 4.78 is 5.36. The van der Waals surface area contributed by atoms with Gasteiger partial charge in [0.2, 0.25) is 0 Å². The quantitative estimate of drug-likeness (QED) is 0.903. The molecule has 0 saturated carbocycles. The molecular weight excluding hydrogens is 304 g/mol. The second-order valence-electron chi connectivity index (χ2n) is 5.93. The Balaban J connectivity index is 1.50. The average molecular weight is 326 g/mol. The molecule has 3 rings (SSSR count). The molecule has 6 nitrogen and oxygen atoms in total. The fourth-order valence-electron chi connectivity index (χ4n) is 2.56. The van der Waals surface area contributed by atoms with Crippen molar-refractivity contribution in [3.63, 3.8) is 0 Å². The van der Waals surface area contributed by atoms with E-state index in [1.807, 2.05) is 6.92 Å². The molecule has 1 fully saturated rings. The van der Waals surface area contributed by atoms with Crippen LogP contribution in [0.15, 0.2) is 36.7 Å². The lowest BCUT2D eigenvalue weighted by Crippen LogP contribution is -2.35. The zero-order valence-corrected chi connectivity index (χ0v) is 13.9.